The largest absolute Gasteiger partial charge is 0.381 e. The van der Waals surface area contributed by atoms with Crippen LogP contribution in [-0.4, -0.2) is 23.5 Å². The molecule has 2 rings (SSSR count). The highest BCUT2D eigenvalue weighted by molar-refractivity contribution is 7.99. The SMILES string of the molecule is NC(=O)c1ccc(N[C@@H]2CCCSC2)cc1. The van der Waals surface area contributed by atoms with Gasteiger partial charge in [-0.1, -0.05) is 0 Å². The van der Waals surface area contributed by atoms with E-state index in [1.807, 2.05) is 23.9 Å². The lowest BCUT2D eigenvalue weighted by Gasteiger charge is -2.23. The van der Waals surface area contributed by atoms with Crippen molar-refractivity contribution in [2.24, 2.45) is 5.73 Å². The summed E-state index contributed by atoms with van der Waals surface area (Å²) in [5.41, 5.74) is 6.81. The minimum atomic E-state index is -0.375. The molecule has 1 amide bonds. The Hall–Kier alpha value is -1.16. The normalized spacial score (nSPS) is 20.4. The molecule has 16 heavy (non-hydrogen) atoms. The fraction of sp³-hybridized carbons (Fsp3) is 0.417. The van der Waals surface area contributed by atoms with E-state index < -0.39 is 0 Å². The number of hydrogen-bond acceptors (Lipinski definition) is 3. The number of carbonyl (C=O) groups is 1. The summed E-state index contributed by atoms with van der Waals surface area (Å²) in [4.78, 5) is 10.9. The molecule has 3 nitrogen and oxygen atoms in total. The second kappa shape index (κ2) is 5.25. The number of primary amides is 1. The number of anilines is 1. The van der Waals surface area contributed by atoms with Crippen LogP contribution in [0.1, 0.15) is 23.2 Å². The highest BCUT2D eigenvalue weighted by Gasteiger charge is 2.13. The number of rotatable bonds is 3. The van der Waals surface area contributed by atoms with Crippen LogP contribution in [0.15, 0.2) is 24.3 Å². The summed E-state index contributed by atoms with van der Waals surface area (Å²) in [6.07, 6.45) is 2.51. The van der Waals surface area contributed by atoms with Crippen molar-refractivity contribution in [3.8, 4) is 0 Å². The van der Waals surface area contributed by atoms with Gasteiger partial charge in [-0.25, -0.2) is 0 Å². The van der Waals surface area contributed by atoms with E-state index in [0.717, 1.165) is 11.4 Å². The standard InChI is InChI=1S/C12H16N2OS/c13-12(15)9-3-5-10(6-4-9)14-11-2-1-7-16-8-11/h3-6,11,14H,1-2,7-8H2,(H2,13,15)/t11-/m1/s1. The maximum absolute atomic E-state index is 10.9. The summed E-state index contributed by atoms with van der Waals surface area (Å²) in [7, 11) is 0. The predicted octanol–water partition coefficient (Wildman–Crippen LogP) is 2.09. The van der Waals surface area contributed by atoms with Crippen molar-refractivity contribution in [3.05, 3.63) is 29.8 Å². The fourth-order valence-electron chi connectivity index (χ4n) is 1.82. The third-order valence-corrected chi connectivity index (χ3v) is 3.92. The van der Waals surface area contributed by atoms with Crippen molar-refractivity contribution >= 4 is 23.4 Å². The van der Waals surface area contributed by atoms with Crippen molar-refractivity contribution in [3.63, 3.8) is 0 Å². The van der Waals surface area contributed by atoms with Gasteiger partial charge in [0.25, 0.3) is 0 Å². The minimum Gasteiger partial charge on any atom is -0.381 e. The van der Waals surface area contributed by atoms with E-state index in [1.54, 1.807) is 12.1 Å². The van der Waals surface area contributed by atoms with Crippen LogP contribution >= 0.6 is 11.8 Å². The third kappa shape index (κ3) is 2.92. The quantitative estimate of drug-likeness (QED) is 0.845. The lowest BCUT2D eigenvalue weighted by molar-refractivity contribution is 0.100. The van der Waals surface area contributed by atoms with Crippen LogP contribution in [0.4, 0.5) is 5.69 Å². The van der Waals surface area contributed by atoms with Crippen LogP contribution in [0.5, 0.6) is 0 Å². The van der Waals surface area contributed by atoms with Gasteiger partial charge in [0.2, 0.25) is 5.91 Å². The molecule has 0 saturated carbocycles. The number of hydrogen-bond donors (Lipinski definition) is 2. The van der Waals surface area contributed by atoms with E-state index >= 15 is 0 Å². The van der Waals surface area contributed by atoms with Gasteiger partial charge in [0.1, 0.15) is 0 Å². The second-order valence-corrected chi connectivity index (χ2v) is 5.15. The summed E-state index contributed by atoms with van der Waals surface area (Å²) >= 11 is 1.99. The first-order chi connectivity index (χ1) is 7.75. The van der Waals surface area contributed by atoms with Crippen LogP contribution in [0.3, 0.4) is 0 Å². The molecule has 1 aromatic rings. The molecule has 0 aromatic heterocycles. The minimum absolute atomic E-state index is 0.375. The Balaban J connectivity index is 1.96. The van der Waals surface area contributed by atoms with Crippen LogP contribution in [0.25, 0.3) is 0 Å². The van der Waals surface area contributed by atoms with Gasteiger partial charge in [-0.2, -0.15) is 11.8 Å². The predicted molar refractivity (Wildman–Crippen MR) is 68.9 cm³/mol. The Morgan fingerprint density at radius 2 is 2.12 bits per heavy atom. The Morgan fingerprint density at radius 1 is 1.38 bits per heavy atom. The highest BCUT2D eigenvalue weighted by atomic mass is 32.2. The molecule has 1 aromatic carbocycles. The molecule has 1 saturated heterocycles. The molecule has 0 radical (unpaired) electrons. The molecule has 0 unspecified atom stereocenters. The first-order valence-electron chi connectivity index (χ1n) is 5.50. The average Bonchev–Trinajstić information content (AvgIpc) is 2.31. The van der Waals surface area contributed by atoms with Gasteiger partial charge >= 0.3 is 0 Å². The van der Waals surface area contributed by atoms with Gasteiger partial charge < -0.3 is 11.1 Å². The molecule has 1 aliphatic heterocycles. The lowest BCUT2D eigenvalue weighted by atomic mass is 10.1. The Labute approximate surface area is 99.8 Å². The Kier molecular flexibility index (Phi) is 3.72. The second-order valence-electron chi connectivity index (χ2n) is 4.00. The molecular formula is C12H16N2OS. The van der Waals surface area contributed by atoms with E-state index in [2.05, 4.69) is 5.32 Å². The number of nitrogens with two attached hydrogens (primary N) is 1. The summed E-state index contributed by atoms with van der Waals surface area (Å²) in [5.74, 6) is 2.07. The van der Waals surface area contributed by atoms with Gasteiger partial charge in [0, 0.05) is 23.0 Å². The van der Waals surface area contributed by atoms with E-state index in [0.29, 0.717) is 11.6 Å². The zero-order valence-corrected chi connectivity index (χ0v) is 9.93. The molecule has 3 N–H and O–H groups in total. The lowest BCUT2D eigenvalue weighted by Crippen LogP contribution is -2.25. The van der Waals surface area contributed by atoms with Gasteiger partial charge in [0.05, 0.1) is 0 Å². The molecule has 1 atom stereocenters. The Morgan fingerprint density at radius 3 is 2.69 bits per heavy atom. The van der Waals surface area contributed by atoms with Crippen molar-refractivity contribution < 1.29 is 4.79 Å². The van der Waals surface area contributed by atoms with E-state index in [-0.39, 0.29) is 5.91 Å². The summed E-state index contributed by atoms with van der Waals surface area (Å²) in [6, 6.07) is 7.91. The van der Waals surface area contributed by atoms with E-state index in [9.17, 15) is 4.79 Å². The molecule has 0 spiro atoms. The van der Waals surface area contributed by atoms with Crippen molar-refractivity contribution in [1.82, 2.24) is 0 Å². The van der Waals surface area contributed by atoms with Gasteiger partial charge in [0.15, 0.2) is 0 Å². The molecule has 86 valence electrons. The maximum atomic E-state index is 10.9. The molecular weight excluding hydrogens is 220 g/mol. The van der Waals surface area contributed by atoms with Crippen LogP contribution in [-0.2, 0) is 0 Å². The average molecular weight is 236 g/mol. The molecule has 1 fully saturated rings. The van der Waals surface area contributed by atoms with Gasteiger partial charge in [-0.3, -0.25) is 4.79 Å². The molecule has 0 bridgehead atoms. The smallest absolute Gasteiger partial charge is 0.248 e. The fourth-order valence-corrected chi connectivity index (χ4v) is 2.89. The molecule has 0 aliphatic carbocycles. The highest BCUT2D eigenvalue weighted by Crippen LogP contribution is 2.21. The summed E-state index contributed by atoms with van der Waals surface area (Å²) in [5, 5.41) is 3.47. The van der Waals surface area contributed by atoms with Gasteiger partial charge in [-0.15, -0.1) is 0 Å². The zero-order valence-electron chi connectivity index (χ0n) is 9.11. The van der Waals surface area contributed by atoms with Crippen molar-refractivity contribution in [2.45, 2.75) is 18.9 Å². The first kappa shape index (κ1) is 11.3. The van der Waals surface area contributed by atoms with E-state index in [4.69, 9.17) is 5.73 Å². The van der Waals surface area contributed by atoms with Crippen LogP contribution in [0, 0.1) is 0 Å². The van der Waals surface area contributed by atoms with Crippen molar-refractivity contribution in [2.75, 3.05) is 16.8 Å². The number of carbonyl (C=O) groups excluding carboxylic acids is 1. The van der Waals surface area contributed by atoms with Gasteiger partial charge in [-0.05, 0) is 42.9 Å². The number of thioether (sulfide) groups is 1. The van der Waals surface area contributed by atoms with Crippen molar-refractivity contribution in [1.29, 1.82) is 0 Å². The maximum Gasteiger partial charge on any atom is 0.248 e. The molecule has 1 heterocycles. The number of nitrogens with one attached hydrogen (secondary N) is 1. The molecule has 1 aliphatic rings. The number of benzene rings is 1. The third-order valence-electron chi connectivity index (χ3n) is 2.70. The number of amides is 1. The van der Waals surface area contributed by atoms with Crippen LogP contribution in [0.2, 0.25) is 0 Å². The first-order valence-corrected chi connectivity index (χ1v) is 6.65. The van der Waals surface area contributed by atoms with E-state index in [1.165, 1.54) is 18.6 Å². The Bertz CT molecular complexity index is 358. The topological polar surface area (TPSA) is 55.1 Å². The van der Waals surface area contributed by atoms with Crippen LogP contribution < -0.4 is 11.1 Å². The monoisotopic (exact) mass is 236 g/mol. The summed E-state index contributed by atoms with van der Waals surface area (Å²) < 4.78 is 0. The molecule has 4 heteroatoms. The zero-order chi connectivity index (χ0) is 11.4. The summed E-state index contributed by atoms with van der Waals surface area (Å²) in [6.45, 7) is 0.